The van der Waals surface area contributed by atoms with Crippen molar-refractivity contribution in [3.05, 3.63) is 0 Å². The topological polar surface area (TPSA) is 20.3 Å². The van der Waals surface area contributed by atoms with Crippen molar-refractivity contribution in [2.45, 2.75) is 64.8 Å². The molecule has 118 valence electrons. The van der Waals surface area contributed by atoms with E-state index in [2.05, 4.69) is 18.7 Å². The smallest absolute Gasteiger partial charge is 0.229 e. The van der Waals surface area contributed by atoms with Crippen molar-refractivity contribution in [1.82, 2.24) is 4.90 Å². The van der Waals surface area contributed by atoms with Crippen LogP contribution in [0, 0.1) is 28.6 Å². The molecule has 4 unspecified atom stereocenters. The van der Waals surface area contributed by atoms with Crippen LogP contribution in [0.4, 0.5) is 0 Å². The van der Waals surface area contributed by atoms with Crippen molar-refractivity contribution in [2.75, 3.05) is 12.4 Å². The highest BCUT2D eigenvalue weighted by molar-refractivity contribution is 6.18. The number of carbonyl (C=O) groups is 1. The first-order chi connectivity index (χ1) is 9.95. The Labute approximate surface area is 133 Å². The number of amides is 1. The van der Waals surface area contributed by atoms with E-state index in [0.29, 0.717) is 23.1 Å². The van der Waals surface area contributed by atoms with Gasteiger partial charge in [0.2, 0.25) is 5.91 Å². The maximum atomic E-state index is 13.4. The Morgan fingerprint density at radius 3 is 2.48 bits per heavy atom. The van der Waals surface area contributed by atoms with Gasteiger partial charge in [-0.25, -0.2) is 0 Å². The number of nitrogens with zero attached hydrogens (tertiary/aromatic N) is 1. The number of hydrogen-bond donors (Lipinski definition) is 0. The normalized spacial score (nSPS) is 51.7. The molecule has 4 aliphatic carbocycles. The first kappa shape index (κ1) is 14.4. The largest absolute Gasteiger partial charge is 0.338 e. The fourth-order valence-electron chi connectivity index (χ4n) is 6.77. The molecule has 0 radical (unpaired) electrons. The average molecular weight is 310 g/mol. The zero-order valence-corrected chi connectivity index (χ0v) is 14.2. The third-order valence-electron chi connectivity index (χ3n) is 7.11. The number of carbonyl (C=O) groups excluding carboxylic acids is 1. The molecule has 0 aromatic carbocycles. The van der Waals surface area contributed by atoms with Gasteiger partial charge in [0.05, 0.1) is 5.41 Å². The van der Waals surface area contributed by atoms with Crippen LogP contribution in [0.5, 0.6) is 0 Å². The van der Waals surface area contributed by atoms with Gasteiger partial charge in [-0.2, -0.15) is 0 Å². The molecule has 5 aliphatic rings. The summed E-state index contributed by atoms with van der Waals surface area (Å²) in [6.45, 7) is 5.63. The van der Waals surface area contributed by atoms with Crippen molar-refractivity contribution >= 4 is 17.5 Å². The molecule has 5 rings (SSSR count). The Morgan fingerprint density at radius 1 is 1.24 bits per heavy atom. The van der Waals surface area contributed by atoms with Gasteiger partial charge in [0.1, 0.15) is 0 Å². The summed E-state index contributed by atoms with van der Waals surface area (Å²) in [4.78, 5) is 15.6. The van der Waals surface area contributed by atoms with E-state index in [1.54, 1.807) is 0 Å². The molecule has 4 atom stereocenters. The van der Waals surface area contributed by atoms with Crippen LogP contribution in [0.2, 0.25) is 0 Å². The monoisotopic (exact) mass is 309 g/mol. The first-order valence-electron chi connectivity index (χ1n) is 8.82. The summed E-state index contributed by atoms with van der Waals surface area (Å²) in [6.07, 6.45) is 8.73. The van der Waals surface area contributed by atoms with E-state index in [9.17, 15) is 4.79 Å². The molecule has 4 bridgehead atoms. The summed E-state index contributed by atoms with van der Waals surface area (Å²) in [6, 6.07) is 0.278. The van der Waals surface area contributed by atoms with Crippen LogP contribution in [-0.2, 0) is 4.79 Å². The van der Waals surface area contributed by atoms with Crippen molar-refractivity contribution in [1.29, 1.82) is 0 Å². The summed E-state index contributed by atoms with van der Waals surface area (Å²) in [5, 5.41) is 0. The molecular weight excluding hydrogens is 282 g/mol. The third kappa shape index (κ3) is 2.08. The summed E-state index contributed by atoms with van der Waals surface area (Å²) in [5.41, 5.74) is 0.425. The molecule has 3 heteroatoms. The molecule has 0 aromatic rings. The first-order valence-corrected chi connectivity index (χ1v) is 9.35. The lowest BCUT2D eigenvalue weighted by Crippen LogP contribution is -2.58. The fourth-order valence-corrected chi connectivity index (χ4v) is 7.24. The van der Waals surface area contributed by atoms with E-state index in [0.717, 1.165) is 44.1 Å². The van der Waals surface area contributed by atoms with E-state index in [1.807, 2.05) is 0 Å². The van der Waals surface area contributed by atoms with E-state index >= 15 is 0 Å². The molecule has 1 amide bonds. The van der Waals surface area contributed by atoms with Gasteiger partial charge in [0.15, 0.2) is 0 Å². The summed E-state index contributed by atoms with van der Waals surface area (Å²) >= 11 is 6.18. The number of alkyl halides is 1. The number of likely N-dealkylation sites (tertiary alicyclic amines) is 1. The predicted octanol–water partition coefficient (Wildman–Crippen LogP) is 4.07. The van der Waals surface area contributed by atoms with Crippen LogP contribution in [0.15, 0.2) is 0 Å². The van der Waals surface area contributed by atoms with Gasteiger partial charge in [-0.05, 0) is 68.1 Å². The molecule has 0 spiro atoms. The minimum Gasteiger partial charge on any atom is -0.338 e. The quantitative estimate of drug-likeness (QED) is 0.704. The van der Waals surface area contributed by atoms with Gasteiger partial charge >= 0.3 is 0 Å². The summed E-state index contributed by atoms with van der Waals surface area (Å²) < 4.78 is 0. The Kier molecular flexibility index (Phi) is 3.17. The van der Waals surface area contributed by atoms with Crippen molar-refractivity contribution in [3.8, 4) is 0 Å². The van der Waals surface area contributed by atoms with Gasteiger partial charge in [0, 0.05) is 18.5 Å². The molecule has 2 nitrogen and oxygen atoms in total. The van der Waals surface area contributed by atoms with Gasteiger partial charge in [-0.15, -0.1) is 11.6 Å². The van der Waals surface area contributed by atoms with Crippen LogP contribution in [-0.4, -0.2) is 29.3 Å². The molecule has 0 aromatic heterocycles. The number of halogens is 1. The predicted molar refractivity (Wildman–Crippen MR) is 85.2 cm³/mol. The van der Waals surface area contributed by atoms with Crippen LogP contribution >= 0.6 is 11.6 Å². The lowest BCUT2D eigenvalue weighted by molar-refractivity contribution is -0.166. The molecule has 0 N–H and O–H groups in total. The van der Waals surface area contributed by atoms with Gasteiger partial charge in [-0.1, -0.05) is 13.8 Å². The standard InChI is InChI=1S/C18H28ClNO/c1-12-3-4-20(15(12)10-19)16(21)18-8-13-5-14(9-18)7-17(2,6-13)11-18/h12-15H,3-11H2,1-2H3. The van der Waals surface area contributed by atoms with Crippen molar-refractivity contribution in [3.63, 3.8) is 0 Å². The van der Waals surface area contributed by atoms with Gasteiger partial charge in [-0.3, -0.25) is 4.79 Å². The maximum Gasteiger partial charge on any atom is 0.229 e. The molecular formula is C18H28ClNO. The highest BCUT2D eigenvalue weighted by atomic mass is 35.5. The second-order valence-electron chi connectivity index (χ2n) is 9.04. The molecule has 1 aliphatic heterocycles. The van der Waals surface area contributed by atoms with E-state index in [4.69, 9.17) is 11.6 Å². The van der Waals surface area contributed by atoms with E-state index in [-0.39, 0.29) is 11.5 Å². The van der Waals surface area contributed by atoms with Gasteiger partial charge < -0.3 is 4.90 Å². The van der Waals surface area contributed by atoms with E-state index < -0.39 is 0 Å². The maximum absolute atomic E-state index is 13.4. The average Bonchev–Trinajstić information content (AvgIpc) is 2.75. The van der Waals surface area contributed by atoms with Crippen molar-refractivity contribution < 1.29 is 4.79 Å². The molecule has 5 fully saturated rings. The van der Waals surface area contributed by atoms with Crippen LogP contribution in [0.1, 0.15) is 58.8 Å². The Morgan fingerprint density at radius 2 is 1.90 bits per heavy atom. The molecule has 1 heterocycles. The highest BCUT2D eigenvalue weighted by Crippen LogP contribution is 2.65. The second kappa shape index (κ2) is 4.63. The van der Waals surface area contributed by atoms with Crippen molar-refractivity contribution in [2.24, 2.45) is 28.6 Å². The zero-order chi connectivity index (χ0) is 14.8. The lowest BCUT2D eigenvalue weighted by Gasteiger charge is -2.61. The fraction of sp³-hybridized carbons (Fsp3) is 0.944. The lowest BCUT2D eigenvalue weighted by atomic mass is 9.44. The number of rotatable bonds is 2. The molecule has 1 saturated heterocycles. The Balaban J connectivity index is 1.62. The third-order valence-corrected chi connectivity index (χ3v) is 7.42. The SMILES string of the molecule is CC1CCN(C(=O)C23CC4CC(CC(C)(C4)C2)C3)C1CCl. The van der Waals surface area contributed by atoms with Gasteiger partial charge in [0.25, 0.3) is 0 Å². The van der Waals surface area contributed by atoms with Crippen LogP contribution in [0.3, 0.4) is 0 Å². The zero-order valence-electron chi connectivity index (χ0n) is 13.4. The Hall–Kier alpha value is -0.240. The molecule has 21 heavy (non-hydrogen) atoms. The van der Waals surface area contributed by atoms with Crippen LogP contribution < -0.4 is 0 Å². The number of hydrogen-bond acceptors (Lipinski definition) is 1. The Bertz CT molecular complexity index is 448. The minimum absolute atomic E-state index is 0.0206. The molecule has 4 saturated carbocycles. The summed E-state index contributed by atoms with van der Waals surface area (Å²) in [7, 11) is 0. The second-order valence-corrected chi connectivity index (χ2v) is 9.35. The minimum atomic E-state index is -0.0206. The highest BCUT2D eigenvalue weighted by Gasteiger charge is 2.60. The van der Waals surface area contributed by atoms with Crippen LogP contribution in [0.25, 0.3) is 0 Å². The summed E-state index contributed by atoms with van der Waals surface area (Å²) in [5.74, 6) is 3.27. The van der Waals surface area contributed by atoms with E-state index in [1.165, 1.54) is 19.3 Å².